The number of phenols is 1. The lowest BCUT2D eigenvalue weighted by atomic mass is 9.85. The fourth-order valence-electron chi connectivity index (χ4n) is 5.42. The van der Waals surface area contributed by atoms with E-state index in [1.807, 2.05) is 49.4 Å². The van der Waals surface area contributed by atoms with E-state index in [0.29, 0.717) is 6.42 Å². The number of benzene rings is 5. The molecule has 5 rings (SSSR count). The molecule has 1 atom stereocenters. The van der Waals surface area contributed by atoms with Crippen LogP contribution in [0, 0.1) is 17.0 Å². The molecule has 0 amide bonds. The molecule has 4 heteroatoms. The van der Waals surface area contributed by atoms with Crippen LogP contribution in [0.3, 0.4) is 0 Å². The third-order valence-corrected chi connectivity index (χ3v) is 7.62. The fraction of sp³-hybridized carbons (Fsp3) is 0.167. The third-order valence-electron chi connectivity index (χ3n) is 7.62. The Morgan fingerprint density at radius 3 is 1.85 bits per heavy atom. The second-order valence-corrected chi connectivity index (χ2v) is 10.6. The monoisotopic (exact) mass is 527 g/mol. The molecule has 0 fully saturated rings. The van der Waals surface area contributed by atoms with Crippen LogP contribution in [0.25, 0.3) is 11.1 Å². The number of non-ortho nitro benzene ring substituents is 1. The number of nitrogens with zero attached hydrogens (tertiary/aromatic N) is 1. The van der Waals surface area contributed by atoms with E-state index < -0.39 is 0 Å². The number of nitro benzene ring substituents is 1. The largest absolute Gasteiger partial charge is 0.508 e. The van der Waals surface area contributed by atoms with E-state index in [0.717, 1.165) is 40.7 Å². The number of hydrogen-bond acceptors (Lipinski definition) is 3. The molecule has 0 saturated carbocycles. The Kier molecular flexibility index (Phi) is 8.07. The van der Waals surface area contributed by atoms with Gasteiger partial charge < -0.3 is 5.11 Å². The lowest BCUT2D eigenvalue weighted by molar-refractivity contribution is -0.384. The van der Waals surface area contributed by atoms with E-state index in [1.54, 1.807) is 18.2 Å². The van der Waals surface area contributed by atoms with Crippen molar-refractivity contribution in [1.82, 2.24) is 0 Å². The van der Waals surface area contributed by atoms with Gasteiger partial charge >= 0.3 is 0 Å². The molecule has 40 heavy (non-hydrogen) atoms. The second-order valence-electron chi connectivity index (χ2n) is 10.6. The summed E-state index contributed by atoms with van der Waals surface area (Å²) in [4.78, 5) is 11.3. The van der Waals surface area contributed by atoms with Crippen LogP contribution in [-0.4, -0.2) is 10.0 Å². The van der Waals surface area contributed by atoms with Gasteiger partial charge in [-0.3, -0.25) is 10.1 Å². The van der Waals surface area contributed by atoms with Gasteiger partial charge in [0.15, 0.2) is 0 Å². The Bertz CT molecular complexity index is 1630. The summed E-state index contributed by atoms with van der Waals surface area (Å²) in [5.74, 6) is 0.560. The Balaban J connectivity index is 1.58. The topological polar surface area (TPSA) is 63.4 Å². The minimum absolute atomic E-state index is 0.105. The predicted molar refractivity (Wildman–Crippen MR) is 162 cm³/mol. The van der Waals surface area contributed by atoms with Crippen LogP contribution in [0.1, 0.15) is 51.8 Å². The van der Waals surface area contributed by atoms with E-state index in [2.05, 4.69) is 61.5 Å². The quantitative estimate of drug-likeness (QED) is 0.154. The molecule has 200 valence electrons. The van der Waals surface area contributed by atoms with Gasteiger partial charge in [0.1, 0.15) is 5.75 Å². The summed E-state index contributed by atoms with van der Waals surface area (Å²) in [6.07, 6.45) is 2.24. The van der Waals surface area contributed by atoms with Crippen molar-refractivity contribution in [3.8, 4) is 16.9 Å². The van der Waals surface area contributed by atoms with Crippen LogP contribution >= 0.6 is 0 Å². The summed E-state index contributed by atoms with van der Waals surface area (Å²) >= 11 is 0. The van der Waals surface area contributed by atoms with Gasteiger partial charge in [0.25, 0.3) is 5.69 Å². The number of rotatable bonds is 9. The number of aromatic hydroxyl groups is 1. The smallest absolute Gasteiger partial charge is 0.269 e. The first-order valence-corrected chi connectivity index (χ1v) is 13.6. The number of nitro groups is 1. The fourth-order valence-corrected chi connectivity index (χ4v) is 5.42. The molecule has 0 aliphatic heterocycles. The summed E-state index contributed by atoms with van der Waals surface area (Å²) in [6.45, 7) is 4.27. The van der Waals surface area contributed by atoms with Crippen molar-refractivity contribution in [3.63, 3.8) is 0 Å². The Morgan fingerprint density at radius 2 is 1.27 bits per heavy atom. The standard InChI is InChI=1S/C36H33NO3/c1-25(19-29-13-16-34(38)20-26(29)2)30-14-17-35(31(23-30)21-27-9-5-3-6-10-27)36-18-15-33(37(39)40)24-32(36)22-28-11-7-4-8-12-28/h3-18,20,23-25,38H,19,21-22H2,1-2H3. The highest BCUT2D eigenvalue weighted by Gasteiger charge is 2.18. The van der Waals surface area contributed by atoms with Crippen molar-refractivity contribution in [2.45, 2.75) is 39.0 Å². The van der Waals surface area contributed by atoms with E-state index in [9.17, 15) is 15.2 Å². The summed E-state index contributed by atoms with van der Waals surface area (Å²) in [6, 6.07) is 38.0. The molecule has 5 aromatic rings. The van der Waals surface area contributed by atoms with Gasteiger partial charge in [0, 0.05) is 12.1 Å². The highest BCUT2D eigenvalue weighted by molar-refractivity contribution is 5.73. The molecule has 1 unspecified atom stereocenters. The number of phenolic OH excluding ortho intramolecular Hbond substituents is 1. The van der Waals surface area contributed by atoms with E-state index in [4.69, 9.17) is 0 Å². The molecule has 0 aliphatic rings. The lowest BCUT2D eigenvalue weighted by Gasteiger charge is -2.19. The van der Waals surface area contributed by atoms with Gasteiger partial charge in [0.2, 0.25) is 0 Å². The van der Waals surface area contributed by atoms with Crippen molar-refractivity contribution >= 4 is 5.69 Å². The predicted octanol–water partition coefficient (Wildman–Crippen LogP) is 8.80. The molecule has 0 bridgehead atoms. The zero-order valence-corrected chi connectivity index (χ0v) is 22.9. The van der Waals surface area contributed by atoms with Crippen LogP contribution in [0.15, 0.2) is 115 Å². The Labute approximate surface area is 235 Å². The SMILES string of the molecule is Cc1cc(O)ccc1CC(C)c1ccc(-c2ccc([N+](=O)[O-])cc2Cc2ccccc2)c(Cc2ccccc2)c1. The van der Waals surface area contributed by atoms with Gasteiger partial charge in [-0.05, 0) is 100 Å². The Hall–Kier alpha value is -4.70. The van der Waals surface area contributed by atoms with Gasteiger partial charge in [-0.25, -0.2) is 0 Å². The minimum Gasteiger partial charge on any atom is -0.508 e. The van der Waals surface area contributed by atoms with Gasteiger partial charge in [-0.1, -0.05) is 91.9 Å². The molecule has 0 spiro atoms. The maximum atomic E-state index is 11.7. The lowest BCUT2D eigenvalue weighted by Crippen LogP contribution is -2.03. The highest BCUT2D eigenvalue weighted by atomic mass is 16.6. The van der Waals surface area contributed by atoms with Crippen LogP contribution in [0.4, 0.5) is 5.69 Å². The minimum atomic E-state index is -0.320. The number of aryl methyl sites for hydroxylation is 1. The number of hydrogen-bond donors (Lipinski definition) is 1. The van der Waals surface area contributed by atoms with Gasteiger partial charge in [-0.2, -0.15) is 0 Å². The normalized spacial score (nSPS) is 11.8. The van der Waals surface area contributed by atoms with Crippen molar-refractivity contribution in [2.75, 3.05) is 0 Å². The Morgan fingerprint density at radius 1 is 0.700 bits per heavy atom. The molecule has 0 saturated heterocycles. The van der Waals surface area contributed by atoms with Gasteiger partial charge in [0.05, 0.1) is 4.92 Å². The van der Waals surface area contributed by atoms with Crippen LogP contribution in [-0.2, 0) is 19.3 Å². The van der Waals surface area contributed by atoms with E-state index in [1.165, 1.54) is 22.3 Å². The summed E-state index contributed by atoms with van der Waals surface area (Å²) < 4.78 is 0. The van der Waals surface area contributed by atoms with Crippen molar-refractivity contribution in [1.29, 1.82) is 0 Å². The third kappa shape index (κ3) is 6.29. The molecule has 0 aromatic heterocycles. The highest BCUT2D eigenvalue weighted by Crippen LogP contribution is 2.35. The first kappa shape index (κ1) is 26.9. The maximum absolute atomic E-state index is 11.7. The second kappa shape index (κ2) is 12.0. The van der Waals surface area contributed by atoms with Crippen molar-refractivity contribution < 1.29 is 10.0 Å². The molecule has 4 nitrogen and oxygen atoms in total. The maximum Gasteiger partial charge on any atom is 0.269 e. The molecule has 0 aliphatic carbocycles. The molecule has 5 aromatic carbocycles. The average Bonchev–Trinajstić information content (AvgIpc) is 2.96. The van der Waals surface area contributed by atoms with E-state index >= 15 is 0 Å². The van der Waals surface area contributed by atoms with Crippen molar-refractivity contribution in [2.24, 2.45) is 0 Å². The summed E-state index contributed by atoms with van der Waals surface area (Å²) in [5.41, 5.74) is 10.2. The first-order chi connectivity index (χ1) is 19.4. The van der Waals surface area contributed by atoms with Crippen LogP contribution in [0.2, 0.25) is 0 Å². The first-order valence-electron chi connectivity index (χ1n) is 13.6. The summed E-state index contributed by atoms with van der Waals surface area (Å²) in [7, 11) is 0. The van der Waals surface area contributed by atoms with Gasteiger partial charge in [-0.15, -0.1) is 0 Å². The van der Waals surface area contributed by atoms with Crippen molar-refractivity contribution in [3.05, 3.63) is 164 Å². The zero-order valence-electron chi connectivity index (χ0n) is 22.9. The average molecular weight is 528 g/mol. The molecular weight excluding hydrogens is 494 g/mol. The summed E-state index contributed by atoms with van der Waals surface area (Å²) in [5, 5.41) is 21.5. The zero-order chi connectivity index (χ0) is 28.1. The molecule has 1 N–H and O–H groups in total. The molecule has 0 heterocycles. The molecule has 0 radical (unpaired) electrons. The molecular formula is C36H33NO3. The van der Waals surface area contributed by atoms with Crippen LogP contribution in [0.5, 0.6) is 5.75 Å². The van der Waals surface area contributed by atoms with E-state index in [-0.39, 0.29) is 22.3 Å². The van der Waals surface area contributed by atoms with Crippen LogP contribution < -0.4 is 0 Å².